The van der Waals surface area contributed by atoms with Crippen molar-refractivity contribution in [1.82, 2.24) is 5.43 Å². The van der Waals surface area contributed by atoms with Gasteiger partial charge >= 0.3 is 0 Å². The number of nitrogens with zero attached hydrogens (tertiary/aromatic N) is 1. The normalized spacial score (nSPS) is 11.0. The van der Waals surface area contributed by atoms with Gasteiger partial charge in [0.25, 0.3) is 5.91 Å². The van der Waals surface area contributed by atoms with Crippen molar-refractivity contribution < 1.29 is 14.6 Å². The largest absolute Gasteiger partial charge is 0.508 e. The van der Waals surface area contributed by atoms with Gasteiger partial charge in [0.05, 0.1) is 10.7 Å². The molecule has 5 nitrogen and oxygen atoms in total. The van der Waals surface area contributed by atoms with Crippen LogP contribution in [0.3, 0.4) is 0 Å². The van der Waals surface area contributed by atoms with Gasteiger partial charge in [0, 0.05) is 4.47 Å². The lowest BCUT2D eigenvalue weighted by atomic mass is 10.1. The number of hydrazone groups is 1. The minimum Gasteiger partial charge on any atom is -0.508 e. The Morgan fingerprint density at radius 1 is 1.12 bits per heavy atom. The van der Waals surface area contributed by atoms with E-state index in [1.807, 2.05) is 30.3 Å². The zero-order valence-electron chi connectivity index (χ0n) is 13.4. The Balaban J connectivity index is 1.59. The molecule has 3 rings (SSSR count). The van der Waals surface area contributed by atoms with Gasteiger partial charge in [-0.05, 0) is 74.7 Å². The number of fused-ring (bicyclic) bond motifs is 1. The maximum atomic E-state index is 11.9. The third-order valence-electron chi connectivity index (χ3n) is 3.54. The summed E-state index contributed by atoms with van der Waals surface area (Å²) in [5, 5.41) is 15.1. The average Bonchev–Trinajstić information content (AvgIpc) is 2.63. The van der Waals surface area contributed by atoms with E-state index >= 15 is 0 Å². The summed E-state index contributed by atoms with van der Waals surface area (Å²) >= 11 is 6.97. The minimum absolute atomic E-state index is 0.159. The fourth-order valence-corrected chi connectivity index (χ4v) is 3.26. The quantitative estimate of drug-likeness (QED) is 0.416. The van der Waals surface area contributed by atoms with E-state index < -0.39 is 0 Å². The Labute approximate surface area is 166 Å². The standard InChI is InChI=1S/C19H14Br2N2O3/c20-14-4-7-16-13(9-14)3-8-17(19(16)21)26-11-18(25)23-22-10-12-1-5-15(24)6-2-12/h1-10,24H,11H2,(H,23,25). The predicted molar refractivity (Wildman–Crippen MR) is 109 cm³/mol. The van der Waals surface area contributed by atoms with E-state index in [-0.39, 0.29) is 18.3 Å². The first kappa shape index (κ1) is 18.4. The van der Waals surface area contributed by atoms with E-state index in [4.69, 9.17) is 4.74 Å². The molecule has 0 unspecified atom stereocenters. The third kappa shape index (κ3) is 4.62. The molecule has 3 aromatic carbocycles. The van der Waals surface area contributed by atoms with Crippen molar-refractivity contribution in [1.29, 1.82) is 0 Å². The Kier molecular flexibility index (Phi) is 5.90. The maximum Gasteiger partial charge on any atom is 0.277 e. The lowest BCUT2D eigenvalue weighted by Crippen LogP contribution is -2.24. The van der Waals surface area contributed by atoms with Gasteiger partial charge in [-0.1, -0.05) is 28.1 Å². The molecule has 26 heavy (non-hydrogen) atoms. The van der Waals surface area contributed by atoms with E-state index in [1.165, 1.54) is 6.21 Å². The van der Waals surface area contributed by atoms with Crippen LogP contribution >= 0.6 is 31.9 Å². The molecule has 0 saturated carbocycles. The molecule has 0 radical (unpaired) electrons. The number of nitrogens with one attached hydrogen (secondary N) is 1. The number of hydrogen-bond donors (Lipinski definition) is 2. The summed E-state index contributed by atoms with van der Waals surface area (Å²) in [5.41, 5.74) is 3.16. The van der Waals surface area contributed by atoms with Crippen molar-refractivity contribution in [2.24, 2.45) is 5.10 Å². The number of ether oxygens (including phenoxy) is 1. The highest BCUT2D eigenvalue weighted by Gasteiger charge is 2.08. The second-order valence-corrected chi connectivity index (χ2v) is 7.13. The van der Waals surface area contributed by atoms with E-state index in [9.17, 15) is 9.90 Å². The smallest absolute Gasteiger partial charge is 0.277 e. The molecular formula is C19H14Br2N2O3. The maximum absolute atomic E-state index is 11.9. The topological polar surface area (TPSA) is 70.9 Å². The average molecular weight is 478 g/mol. The molecule has 0 aliphatic heterocycles. The lowest BCUT2D eigenvalue weighted by molar-refractivity contribution is -0.123. The number of aromatic hydroxyl groups is 1. The van der Waals surface area contributed by atoms with E-state index in [2.05, 4.69) is 42.4 Å². The van der Waals surface area contributed by atoms with Crippen molar-refractivity contribution in [2.45, 2.75) is 0 Å². The number of carbonyl (C=O) groups is 1. The van der Waals surface area contributed by atoms with E-state index in [1.54, 1.807) is 24.3 Å². The first-order valence-corrected chi connectivity index (χ1v) is 9.23. The van der Waals surface area contributed by atoms with Crippen LogP contribution in [0.5, 0.6) is 11.5 Å². The number of halogens is 2. The molecular weight excluding hydrogens is 464 g/mol. The van der Waals surface area contributed by atoms with Gasteiger partial charge in [0.15, 0.2) is 6.61 Å². The molecule has 0 spiro atoms. The van der Waals surface area contributed by atoms with Crippen molar-refractivity contribution in [3.63, 3.8) is 0 Å². The third-order valence-corrected chi connectivity index (χ3v) is 4.85. The van der Waals surface area contributed by atoms with Crippen LogP contribution in [-0.2, 0) is 4.79 Å². The second kappa shape index (κ2) is 8.33. The molecule has 0 aromatic heterocycles. The highest BCUT2D eigenvalue weighted by atomic mass is 79.9. The Morgan fingerprint density at radius 3 is 2.65 bits per heavy atom. The summed E-state index contributed by atoms with van der Waals surface area (Å²) < 4.78 is 7.37. The highest BCUT2D eigenvalue weighted by molar-refractivity contribution is 9.11. The zero-order valence-corrected chi connectivity index (χ0v) is 16.6. The number of benzene rings is 3. The van der Waals surface area contributed by atoms with Crippen LogP contribution in [0.25, 0.3) is 10.8 Å². The molecule has 3 aromatic rings. The first-order valence-electron chi connectivity index (χ1n) is 7.64. The molecule has 0 heterocycles. The number of phenols is 1. The van der Waals surface area contributed by atoms with Gasteiger partial charge in [0.2, 0.25) is 0 Å². The summed E-state index contributed by atoms with van der Waals surface area (Å²) in [4.78, 5) is 11.9. The molecule has 0 saturated heterocycles. The van der Waals surface area contributed by atoms with Crippen LogP contribution in [0.4, 0.5) is 0 Å². The number of amides is 1. The molecule has 0 atom stereocenters. The van der Waals surface area contributed by atoms with E-state index in [0.717, 1.165) is 25.3 Å². The molecule has 0 fully saturated rings. The molecule has 132 valence electrons. The van der Waals surface area contributed by atoms with Crippen LogP contribution in [0.1, 0.15) is 5.56 Å². The van der Waals surface area contributed by atoms with Gasteiger partial charge in [-0.25, -0.2) is 5.43 Å². The Bertz CT molecular complexity index is 972. The monoisotopic (exact) mass is 476 g/mol. The van der Waals surface area contributed by atoms with Gasteiger partial charge < -0.3 is 9.84 Å². The summed E-state index contributed by atoms with van der Waals surface area (Å²) in [6.07, 6.45) is 1.49. The minimum atomic E-state index is -0.372. The Hall–Kier alpha value is -2.38. The van der Waals surface area contributed by atoms with Crippen LogP contribution in [0.2, 0.25) is 0 Å². The van der Waals surface area contributed by atoms with Crippen molar-refractivity contribution in [3.8, 4) is 11.5 Å². The fraction of sp³-hybridized carbons (Fsp3) is 0.0526. The highest BCUT2D eigenvalue weighted by Crippen LogP contribution is 2.34. The van der Waals surface area contributed by atoms with Crippen molar-refractivity contribution in [3.05, 3.63) is 69.1 Å². The number of phenolic OH excluding ortho intramolecular Hbond substituents is 1. The van der Waals surface area contributed by atoms with Crippen LogP contribution in [0, 0.1) is 0 Å². The van der Waals surface area contributed by atoms with Crippen molar-refractivity contribution in [2.75, 3.05) is 6.61 Å². The number of rotatable bonds is 5. The van der Waals surface area contributed by atoms with Gasteiger partial charge in [-0.15, -0.1) is 0 Å². The molecule has 0 bridgehead atoms. The molecule has 7 heteroatoms. The summed E-state index contributed by atoms with van der Waals surface area (Å²) in [6, 6.07) is 16.1. The molecule has 1 amide bonds. The van der Waals surface area contributed by atoms with Gasteiger partial charge in [-0.2, -0.15) is 5.10 Å². The summed E-state index contributed by atoms with van der Waals surface area (Å²) in [7, 11) is 0. The van der Waals surface area contributed by atoms with Crippen LogP contribution in [0.15, 0.2) is 68.6 Å². The molecule has 0 aliphatic rings. The molecule has 2 N–H and O–H groups in total. The SMILES string of the molecule is O=C(COc1ccc2cc(Br)ccc2c1Br)NN=Cc1ccc(O)cc1. The summed E-state index contributed by atoms with van der Waals surface area (Å²) in [5.74, 6) is 0.383. The van der Waals surface area contributed by atoms with E-state index in [0.29, 0.717) is 5.75 Å². The first-order chi connectivity index (χ1) is 12.5. The molecule has 0 aliphatic carbocycles. The van der Waals surface area contributed by atoms with Gasteiger partial charge in [-0.3, -0.25) is 4.79 Å². The van der Waals surface area contributed by atoms with Crippen molar-refractivity contribution >= 4 is 54.8 Å². The number of hydrogen-bond acceptors (Lipinski definition) is 4. The van der Waals surface area contributed by atoms with Crippen LogP contribution < -0.4 is 10.2 Å². The second-order valence-electron chi connectivity index (χ2n) is 5.42. The zero-order chi connectivity index (χ0) is 18.5. The summed E-state index contributed by atoms with van der Waals surface area (Å²) in [6.45, 7) is -0.159. The fourth-order valence-electron chi connectivity index (χ4n) is 2.27. The number of carbonyl (C=O) groups excluding carboxylic acids is 1. The Morgan fingerprint density at radius 2 is 1.88 bits per heavy atom. The predicted octanol–water partition coefficient (Wildman–Crippen LogP) is 4.60. The van der Waals surface area contributed by atoms with Crippen LogP contribution in [-0.4, -0.2) is 23.8 Å². The van der Waals surface area contributed by atoms with Gasteiger partial charge in [0.1, 0.15) is 11.5 Å². The lowest BCUT2D eigenvalue weighted by Gasteiger charge is -2.10.